The smallest absolute Gasteiger partial charge is 0.263 e. The highest BCUT2D eigenvalue weighted by molar-refractivity contribution is 8.01. The Labute approximate surface area is 154 Å². The van der Waals surface area contributed by atoms with Crippen molar-refractivity contribution >= 4 is 49.8 Å². The quantitative estimate of drug-likeness (QED) is 0.653. The Hall–Kier alpha value is -1.85. The first-order valence-corrected chi connectivity index (χ1v) is 10.6. The monoisotopic (exact) mass is 402 g/mol. The first-order chi connectivity index (χ1) is 11.9. The molecule has 0 saturated heterocycles. The lowest BCUT2D eigenvalue weighted by Crippen LogP contribution is -2.14. The van der Waals surface area contributed by atoms with Crippen LogP contribution in [0.5, 0.6) is 5.75 Å². The molecule has 1 aromatic carbocycles. The number of carbonyl (C=O) groups is 1. The highest BCUT2D eigenvalue weighted by Crippen LogP contribution is 2.30. The summed E-state index contributed by atoms with van der Waals surface area (Å²) in [5.74, 6) is 0.922. The number of carbonyl (C=O) groups excluding carboxylic acids is 1. The van der Waals surface area contributed by atoms with E-state index in [9.17, 15) is 13.2 Å². The SMILES string of the molecule is CCCSc1nnc(NS(=O)(=O)c2ccc(OC)c(NC(C)=O)c2)s1. The highest BCUT2D eigenvalue weighted by Gasteiger charge is 2.19. The Morgan fingerprint density at radius 3 is 2.76 bits per heavy atom. The van der Waals surface area contributed by atoms with Crippen molar-refractivity contribution in [1.29, 1.82) is 0 Å². The first-order valence-electron chi connectivity index (χ1n) is 7.30. The number of benzene rings is 1. The molecule has 0 radical (unpaired) electrons. The molecule has 0 aliphatic heterocycles. The summed E-state index contributed by atoms with van der Waals surface area (Å²) in [4.78, 5) is 11.3. The summed E-state index contributed by atoms with van der Waals surface area (Å²) in [6.45, 7) is 3.38. The molecule has 0 aliphatic rings. The van der Waals surface area contributed by atoms with Gasteiger partial charge in [0.15, 0.2) is 4.34 Å². The Morgan fingerprint density at radius 2 is 2.12 bits per heavy atom. The van der Waals surface area contributed by atoms with Crippen molar-refractivity contribution in [3.63, 3.8) is 0 Å². The molecule has 0 unspecified atom stereocenters. The summed E-state index contributed by atoms with van der Waals surface area (Å²) in [6.07, 6.45) is 0.989. The van der Waals surface area contributed by atoms with Crippen LogP contribution in [0.25, 0.3) is 0 Å². The van der Waals surface area contributed by atoms with Crippen molar-refractivity contribution in [3.05, 3.63) is 18.2 Å². The molecule has 0 fully saturated rings. The van der Waals surface area contributed by atoms with Crippen LogP contribution in [0.2, 0.25) is 0 Å². The molecular formula is C14H18N4O4S3. The highest BCUT2D eigenvalue weighted by atomic mass is 32.2. The maximum Gasteiger partial charge on any atom is 0.263 e. The van der Waals surface area contributed by atoms with Gasteiger partial charge in [0.05, 0.1) is 17.7 Å². The molecule has 1 heterocycles. The second-order valence-corrected chi connectivity index (χ2v) is 8.87. The lowest BCUT2D eigenvalue weighted by atomic mass is 10.3. The maximum atomic E-state index is 12.5. The normalized spacial score (nSPS) is 11.2. The summed E-state index contributed by atoms with van der Waals surface area (Å²) >= 11 is 2.70. The zero-order valence-corrected chi connectivity index (χ0v) is 16.3. The van der Waals surface area contributed by atoms with Gasteiger partial charge < -0.3 is 10.1 Å². The number of hydrogen-bond acceptors (Lipinski definition) is 8. The minimum Gasteiger partial charge on any atom is -0.495 e. The van der Waals surface area contributed by atoms with E-state index in [1.165, 1.54) is 55.3 Å². The van der Waals surface area contributed by atoms with Crippen molar-refractivity contribution in [1.82, 2.24) is 10.2 Å². The molecule has 0 aliphatic carbocycles. The number of hydrogen-bond donors (Lipinski definition) is 2. The minimum atomic E-state index is -3.86. The third-order valence-corrected chi connectivity index (χ3v) is 6.49. The molecule has 2 aromatic rings. The van der Waals surface area contributed by atoms with E-state index in [1.54, 1.807) is 0 Å². The molecule has 0 atom stereocenters. The maximum absolute atomic E-state index is 12.5. The third-order valence-electron chi connectivity index (χ3n) is 2.85. The van der Waals surface area contributed by atoms with Crippen molar-refractivity contribution in [2.75, 3.05) is 22.9 Å². The number of thioether (sulfide) groups is 1. The van der Waals surface area contributed by atoms with E-state index < -0.39 is 10.0 Å². The fourth-order valence-corrected chi connectivity index (χ4v) is 4.75. The van der Waals surface area contributed by atoms with Crippen LogP contribution in [0.15, 0.2) is 27.4 Å². The first kappa shape index (κ1) is 19.5. The van der Waals surface area contributed by atoms with Crippen LogP contribution in [-0.4, -0.2) is 37.4 Å². The number of rotatable bonds is 8. The fraction of sp³-hybridized carbons (Fsp3) is 0.357. The molecule has 1 amide bonds. The summed E-state index contributed by atoms with van der Waals surface area (Å²) in [5, 5.41) is 10.5. The van der Waals surface area contributed by atoms with Gasteiger partial charge in [-0.25, -0.2) is 8.42 Å². The molecule has 2 N–H and O–H groups in total. The number of ether oxygens (including phenoxy) is 1. The molecule has 136 valence electrons. The van der Waals surface area contributed by atoms with Gasteiger partial charge in [0.1, 0.15) is 5.75 Å². The van der Waals surface area contributed by atoms with E-state index in [-0.39, 0.29) is 21.6 Å². The minimum absolute atomic E-state index is 0.0185. The average molecular weight is 403 g/mol. The van der Waals surface area contributed by atoms with E-state index in [0.29, 0.717) is 10.1 Å². The van der Waals surface area contributed by atoms with Crippen LogP contribution in [0, 0.1) is 0 Å². The zero-order chi connectivity index (χ0) is 18.4. The lowest BCUT2D eigenvalue weighted by Gasteiger charge is -2.11. The van der Waals surface area contributed by atoms with Crippen molar-refractivity contribution in [2.24, 2.45) is 0 Å². The number of nitrogens with one attached hydrogen (secondary N) is 2. The number of anilines is 2. The van der Waals surface area contributed by atoms with E-state index >= 15 is 0 Å². The Balaban J connectivity index is 2.23. The van der Waals surface area contributed by atoms with Crippen molar-refractivity contribution in [2.45, 2.75) is 29.5 Å². The Morgan fingerprint density at radius 1 is 1.36 bits per heavy atom. The summed E-state index contributed by atoms with van der Waals surface area (Å²) in [7, 11) is -2.43. The van der Waals surface area contributed by atoms with E-state index in [2.05, 4.69) is 20.2 Å². The molecule has 11 heteroatoms. The van der Waals surface area contributed by atoms with Crippen LogP contribution < -0.4 is 14.8 Å². The second-order valence-electron chi connectivity index (χ2n) is 4.87. The Bertz CT molecular complexity index is 852. The lowest BCUT2D eigenvalue weighted by molar-refractivity contribution is -0.114. The molecule has 8 nitrogen and oxygen atoms in total. The third kappa shape index (κ3) is 5.31. The number of aromatic nitrogens is 2. The summed E-state index contributed by atoms with van der Waals surface area (Å²) in [5.41, 5.74) is 0.273. The summed E-state index contributed by atoms with van der Waals surface area (Å²) < 4.78 is 33.3. The Kier molecular flexibility index (Phi) is 6.62. The standard InChI is InChI=1S/C14H18N4O4S3/c1-4-7-23-14-17-16-13(24-14)18-25(20,21)10-5-6-12(22-3)11(8-10)15-9(2)19/h5-6,8H,4,7H2,1-3H3,(H,15,19)(H,16,18). The molecule has 25 heavy (non-hydrogen) atoms. The van der Waals surface area contributed by atoms with Gasteiger partial charge in [-0.3, -0.25) is 9.52 Å². The van der Waals surface area contributed by atoms with Crippen LogP contribution in [0.3, 0.4) is 0 Å². The van der Waals surface area contributed by atoms with Crippen LogP contribution in [0.4, 0.5) is 10.8 Å². The molecule has 2 rings (SSSR count). The van der Waals surface area contributed by atoms with Crippen molar-refractivity contribution in [3.8, 4) is 5.75 Å². The number of nitrogens with zero attached hydrogens (tertiary/aromatic N) is 2. The summed E-state index contributed by atoms with van der Waals surface area (Å²) in [6, 6.07) is 4.19. The van der Waals surface area contributed by atoms with Gasteiger partial charge in [-0.1, -0.05) is 30.0 Å². The topological polar surface area (TPSA) is 110 Å². The van der Waals surface area contributed by atoms with Gasteiger partial charge in [-0.2, -0.15) is 0 Å². The average Bonchev–Trinajstić information content (AvgIpc) is 2.99. The largest absolute Gasteiger partial charge is 0.495 e. The zero-order valence-electron chi connectivity index (χ0n) is 13.9. The number of sulfonamides is 1. The van der Waals surface area contributed by atoms with Gasteiger partial charge in [0, 0.05) is 12.7 Å². The number of methoxy groups -OCH3 is 1. The van der Waals surface area contributed by atoms with Crippen LogP contribution in [0.1, 0.15) is 20.3 Å². The predicted molar refractivity (Wildman–Crippen MR) is 99.0 cm³/mol. The molecular weight excluding hydrogens is 384 g/mol. The van der Waals surface area contributed by atoms with Crippen molar-refractivity contribution < 1.29 is 17.9 Å². The van der Waals surface area contributed by atoms with Gasteiger partial charge in [-0.15, -0.1) is 10.2 Å². The van der Waals surface area contributed by atoms with Gasteiger partial charge >= 0.3 is 0 Å². The molecule has 0 spiro atoms. The van der Waals surface area contributed by atoms with E-state index in [4.69, 9.17) is 4.74 Å². The van der Waals surface area contributed by atoms with E-state index in [0.717, 1.165) is 12.2 Å². The second kappa shape index (κ2) is 8.50. The van der Waals surface area contributed by atoms with E-state index in [1.807, 2.05) is 6.92 Å². The molecule has 0 saturated carbocycles. The van der Waals surface area contributed by atoms with Gasteiger partial charge in [-0.05, 0) is 24.6 Å². The molecule has 0 bridgehead atoms. The van der Waals surface area contributed by atoms with Crippen LogP contribution >= 0.6 is 23.1 Å². The van der Waals surface area contributed by atoms with Gasteiger partial charge in [0.25, 0.3) is 10.0 Å². The molecule has 1 aromatic heterocycles. The van der Waals surface area contributed by atoms with Gasteiger partial charge in [0.2, 0.25) is 11.0 Å². The van der Waals surface area contributed by atoms with Crippen LogP contribution in [-0.2, 0) is 14.8 Å². The number of amides is 1. The fourth-order valence-electron chi connectivity index (χ4n) is 1.81. The predicted octanol–water partition coefficient (Wildman–Crippen LogP) is 2.81.